The average Bonchev–Trinajstić information content (AvgIpc) is 3.48. The Morgan fingerprint density at radius 2 is 1.95 bits per heavy atom. The standard InChI is InChI=1S/C29H39NO11/c1-15-8-16(2)29-19(18(10-35-3)26(33)39-25(15)22(31)13-37-5)7-6-17-9-28(41-29,20(11-36-4)24(32)23(17)29)40-27(34)21-12-38-14-30-21/h6-8,12,14-15,17-20,22-25,31-32H,9-11,13H2,1-5H3/b16-8+/t15-,17+,18-,19-,20-,22-,23+,24-,25+,28-,29+/m1/s1. The number of esters is 2. The highest BCUT2D eigenvalue weighted by Gasteiger charge is 2.73. The summed E-state index contributed by atoms with van der Waals surface area (Å²) in [6.45, 7) is 3.75. The molecule has 1 aromatic heterocycles. The Labute approximate surface area is 238 Å². The van der Waals surface area contributed by atoms with Crippen LogP contribution >= 0.6 is 0 Å². The van der Waals surface area contributed by atoms with Gasteiger partial charge in [0.15, 0.2) is 12.1 Å². The fourth-order valence-corrected chi connectivity index (χ4v) is 7.54. The van der Waals surface area contributed by atoms with E-state index in [0.29, 0.717) is 0 Å². The molecule has 1 aromatic rings. The predicted molar refractivity (Wildman–Crippen MR) is 140 cm³/mol. The van der Waals surface area contributed by atoms with E-state index in [1.807, 2.05) is 32.1 Å². The van der Waals surface area contributed by atoms with Crippen LogP contribution in [0.4, 0.5) is 0 Å². The van der Waals surface area contributed by atoms with Crippen molar-refractivity contribution in [3.63, 3.8) is 0 Å². The zero-order chi connectivity index (χ0) is 29.5. The quantitative estimate of drug-likeness (QED) is 0.323. The molecule has 2 aliphatic carbocycles. The van der Waals surface area contributed by atoms with Crippen molar-refractivity contribution in [2.45, 2.75) is 50.0 Å². The van der Waals surface area contributed by atoms with Crippen molar-refractivity contribution in [2.24, 2.45) is 35.5 Å². The smallest absolute Gasteiger partial charge is 0.362 e. The molecule has 3 aliphatic heterocycles. The number of nitrogens with zero attached hydrogens (tertiary/aromatic N) is 1. The minimum absolute atomic E-state index is 0.00554. The lowest BCUT2D eigenvalue weighted by atomic mass is 9.50. The number of hydrogen-bond donors (Lipinski definition) is 2. The van der Waals surface area contributed by atoms with E-state index in [2.05, 4.69) is 4.98 Å². The van der Waals surface area contributed by atoms with E-state index < -0.39 is 71.2 Å². The van der Waals surface area contributed by atoms with Gasteiger partial charge in [0.2, 0.25) is 5.79 Å². The molecular formula is C29H39NO11. The molecule has 6 rings (SSSR count). The van der Waals surface area contributed by atoms with Gasteiger partial charge >= 0.3 is 11.9 Å². The molecule has 2 N–H and O–H groups in total. The highest BCUT2D eigenvalue weighted by atomic mass is 16.7. The maximum absolute atomic E-state index is 13.8. The SMILES string of the molecule is COC[C@@H](O)[C@H]1OC(=O)[C@H](COC)[C@H]2C=C[C@H]3C[C@@]4(OC(=O)c5cocn5)O[C@]2(/C(C)=C/[C@H]1C)[C@@H]3[C@H](O)[C@H]4COC. The number of aromatic nitrogens is 1. The molecule has 4 heterocycles. The monoisotopic (exact) mass is 577 g/mol. The fraction of sp³-hybridized carbons (Fsp3) is 0.690. The Morgan fingerprint density at radius 1 is 1.20 bits per heavy atom. The average molecular weight is 578 g/mol. The number of ether oxygens (including phenoxy) is 6. The molecule has 1 saturated carbocycles. The Hall–Kier alpha value is -2.61. The second-order valence-corrected chi connectivity index (χ2v) is 11.5. The number of aliphatic hydroxyl groups is 2. The summed E-state index contributed by atoms with van der Waals surface area (Å²) in [6.07, 6.45) is 5.36. The summed E-state index contributed by atoms with van der Waals surface area (Å²) in [6, 6.07) is 0. The van der Waals surface area contributed by atoms with E-state index in [9.17, 15) is 19.8 Å². The van der Waals surface area contributed by atoms with Gasteiger partial charge in [0.05, 0.1) is 37.8 Å². The first kappa shape index (κ1) is 29.9. The first-order valence-electron chi connectivity index (χ1n) is 13.9. The normalized spacial score (nSPS) is 41.7. The number of aliphatic hydroxyl groups excluding tert-OH is 2. The van der Waals surface area contributed by atoms with Crippen LogP contribution in [-0.2, 0) is 33.2 Å². The number of fused-ring (bicyclic) bond motifs is 1. The predicted octanol–water partition coefficient (Wildman–Crippen LogP) is 1.52. The zero-order valence-electron chi connectivity index (χ0n) is 23.9. The van der Waals surface area contributed by atoms with Crippen LogP contribution in [0.5, 0.6) is 0 Å². The van der Waals surface area contributed by atoms with Crippen LogP contribution in [0.25, 0.3) is 0 Å². The number of carbonyl (C=O) groups excluding carboxylic acids is 2. The van der Waals surface area contributed by atoms with E-state index in [-0.39, 0.29) is 37.9 Å². The summed E-state index contributed by atoms with van der Waals surface area (Å²) in [5.74, 6) is -6.38. The highest BCUT2D eigenvalue weighted by molar-refractivity contribution is 5.87. The second-order valence-electron chi connectivity index (χ2n) is 11.5. The van der Waals surface area contributed by atoms with Gasteiger partial charge in [0.1, 0.15) is 24.1 Å². The topological polar surface area (TPSA) is 156 Å². The minimum atomic E-state index is -1.61. The summed E-state index contributed by atoms with van der Waals surface area (Å²) in [5, 5.41) is 22.8. The molecule has 3 fully saturated rings. The van der Waals surface area contributed by atoms with Gasteiger partial charge in [-0.1, -0.05) is 25.2 Å². The van der Waals surface area contributed by atoms with Gasteiger partial charge in [-0.2, -0.15) is 0 Å². The Bertz CT molecular complexity index is 1170. The first-order valence-corrected chi connectivity index (χ1v) is 13.9. The molecule has 226 valence electrons. The molecule has 1 spiro atoms. The molecule has 5 aliphatic rings. The molecule has 0 unspecified atom stereocenters. The lowest BCUT2D eigenvalue weighted by molar-refractivity contribution is -0.399. The molecule has 0 aromatic carbocycles. The Morgan fingerprint density at radius 3 is 2.61 bits per heavy atom. The highest BCUT2D eigenvalue weighted by Crippen LogP contribution is 2.64. The number of carbonyl (C=O) groups is 2. The molecule has 41 heavy (non-hydrogen) atoms. The summed E-state index contributed by atoms with van der Waals surface area (Å²) < 4.78 is 40.2. The van der Waals surface area contributed by atoms with E-state index in [4.69, 9.17) is 32.8 Å². The Balaban J connectivity index is 1.67. The van der Waals surface area contributed by atoms with Crippen molar-refractivity contribution in [3.05, 3.63) is 42.2 Å². The van der Waals surface area contributed by atoms with Crippen LogP contribution < -0.4 is 0 Å². The van der Waals surface area contributed by atoms with Gasteiger partial charge in [-0.05, 0) is 18.4 Å². The van der Waals surface area contributed by atoms with E-state index in [1.165, 1.54) is 27.6 Å². The van der Waals surface area contributed by atoms with Crippen molar-refractivity contribution in [1.82, 2.24) is 4.98 Å². The van der Waals surface area contributed by atoms with Crippen LogP contribution in [0.15, 0.2) is 40.9 Å². The van der Waals surface area contributed by atoms with Gasteiger partial charge in [-0.15, -0.1) is 0 Å². The van der Waals surface area contributed by atoms with Gasteiger partial charge < -0.3 is 43.1 Å². The molecule has 11 atom stereocenters. The molecule has 0 amide bonds. The van der Waals surface area contributed by atoms with Crippen LogP contribution in [0.2, 0.25) is 0 Å². The number of rotatable bonds is 9. The summed E-state index contributed by atoms with van der Waals surface area (Å²) in [5.41, 5.74) is -0.592. The van der Waals surface area contributed by atoms with Gasteiger partial charge in [0.25, 0.3) is 0 Å². The van der Waals surface area contributed by atoms with Crippen LogP contribution in [0.3, 0.4) is 0 Å². The van der Waals surface area contributed by atoms with Crippen LogP contribution in [0, 0.1) is 35.5 Å². The van der Waals surface area contributed by atoms with E-state index in [1.54, 1.807) is 0 Å². The second kappa shape index (κ2) is 11.6. The zero-order valence-corrected chi connectivity index (χ0v) is 23.9. The summed E-state index contributed by atoms with van der Waals surface area (Å²) >= 11 is 0. The van der Waals surface area contributed by atoms with Crippen molar-refractivity contribution in [2.75, 3.05) is 41.2 Å². The van der Waals surface area contributed by atoms with Gasteiger partial charge in [-0.3, -0.25) is 4.79 Å². The molecule has 12 heteroatoms. The maximum Gasteiger partial charge on any atom is 0.362 e. The Kier molecular flexibility index (Phi) is 8.44. The van der Waals surface area contributed by atoms with Crippen molar-refractivity contribution >= 4 is 11.9 Å². The number of cyclic esters (lactones) is 1. The molecule has 12 nitrogen and oxygen atoms in total. The third kappa shape index (κ3) is 4.84. The third-order valence-corrected chi connectivity index (χ3v) is 9.18. The summed E-state index contributed by atoms with van der Waals surface area (Å²) in [4.78, 5) is 31.0. The van der Waals surface area contributed by atoms with E-state index in [0.717, 1.165) is 12.0 Å². The van der Waals surface area contributed by atoms with Crippen molar-refractivity contribution < 1.29 is 52.6 Å². The van der Waals surface area contributed by atoms with Crippen LogP contribution in [-0.4, -0.2) is 98.0 Å². The fourth-order valence-electron chi connectivity index (χ4n) is 7.54. The lowest BCUT2D eigenvalue weighted by Gasteiger charge is -2.67. The molecular weight excluding hydrogens is 538 g/mol. The van der Waals surface area contributed by atoms with Gasteiger partial charge in [-0.25, -0.2) is 9.78 Å². The lowest BCUT2D eigenvalue weighted by Crippen LogP contribution is -2.76. The first-order chi connectivity index (χ1) is 19.6. The third-order valence-electron chi connectivity index (χ3n) is 9.18. The number of allylic oxidation sites excluding steroid dienone is 1. The van der Waals surface area contributed by atoms with E-state index >= 15 is 0 Å². The number of oxazole rings is 1. The molecule has 0 radical (unpaired) electrons. The van der Waals surface area contributed by atoms with Crippen molar-refractivity contribution in [1.29, 1.82) is 0 Å². The van der Waals surface area contributed by atoms with Crippen LogP contribution in [0.1, 0.15) is 30.8 Å². The van der Waals surface area contributed by atoms with Gasteiger partial charge in [0, 0.05) is 45.5 Å². The maximum atomic E-state index is 13.8. The molecule has 4 bridgehead atoms. The summed E-state index contributed by atoms with van der Waals surface area (Å²) in [7, 11) is 4.46. The molecule has 2 saturated heterocycles. The number of hydrogen-bond acceptors (Lipinski definition) is 12. The van der Waals surface area contributed by atoms with Crippen molar-refractivity contribution in [3.8, 4) is 0 Å². The number of methoxy groups -OCH3 is 3. The largest absolute Gasteiger partial charge is 0.459 e. The minimum Gasteiger partial charge on any atom is -0.459 e.